The molecule has 1 atom stereocenters. The van der Waals surface area contributed by atoms with E-state index in [-0.39, 0.29) is 0 Å². The molecule has 0 bridgehead atoms. The number of carbonyl (C=O) groups excluding carboxylic acids is 1. The van der Waals surface area contributed by atoms with Crippen molar-refractivity contribution in [2.45, 2.75) is 13.0 Å². The third-order valence-corrected chi connectivity index (χ3v) is 1.92. The van der Waals surface area contributed by atoms with Crippen LogP contribution in [0.1, 0.15) is 6.92 Å². The highest BCUT2D eigenvalue weighted by Crippen LogP contribution is 2.17. The second-order valence-electron chi connectivity index (χ2n) is 3.26. The van der Waals surface area contributed by atoms with Crippen molar-refractivity contribution in [1.82, 2.24) is 5.32 Å². The first kappa shape index (κ1) is 12.9. The Balaban J connectivity index is 2.72. The Morgan fingerprint density at radius 2 is 1.82 bits per heavy atom. The monoisotopic (exact) mass is 244 g/mol. The molecule has 0 aromatic heterocycles. The first-order valence-electron chi connectivity index (χ1n) is 4.66. The second-order valence-corrected chi connectivity index (χ2v) is 3.26. The van der Waals surface area contributed by atoms with Gasteiger partial charge in [0.15, 0.2) is 0 Å². The molecule has 7 heteroatoms. The molecule has 0 heterocycles. The number of nitrogens with one attached hydrogen (secondary N) is 2. The number of carboxylic acid groups (broad SMARTS) is 1. The lowest BCUT2D eigenvalue weighted by Gasteiger charge is -2.11. The number of urea groups is 1. The van der Waals surface area contributed by atoms with Gasteiger partial charge in [0.05, 0.1) is 0 Å². The summed E-state index contributed by atoms with van der Waals surface area (Å²) in [6, 6.07) is 0.931. The van der Waals surface area contributed by atoms with E-state index in [1.807, 2.05) is 10.6 Å². The van der Waals surface area contributed by atoms with Crippen LogP contribution in [0.15, 0.2) is 18.2 Å². The quantitative estimate of drug-likeness (QED) is 0.755. The largest absolute Gasteiger partial charge is 0.480 e. The van der Waals surface area contributed by atoms with Crippen LogP contribution in [0.4, 0.5) is 19.3 Å². The van der Waals surface area contributed by atoms with Crippen molar-refractivity contribution < 1.29 is 23.5 Å². The van der Waals surface area contributed by atoms with Gasteiger partial charge in [0.1, 0.15) is 23.4 Å². The average molecular weight is 244 g/mol. The van der Waals surface area contributed by atoms with E-state index >= 15 is 0 Å². The maximum absolute atomic E-state index is 13.1. The zero-order chi connectivity index (χ0) is 13.0. The summed E-state index contributed by atoms with van der Waals surface area (Å²) in [5.41, 5.74) is -0.623. The highest BCUT2D eigenvalue weighted by molar-refractivity contribution is 5.92. The number of hydrogen-bond acceptors (Lipinski definition) is 2. The van der Waals surface area contributed by atoms with Crippen molar-refractivity contribution >= 4 is 17.7 Å². The van der Waals surface area contributed by atoms with Gasteiger partial charge in [-0.2, -0.15) is 0 Å². The molecule has 3 N–H and O–H groups in total. The fourth-order valence-corrected chi connectivity index (χ4v) is 1.03. The molecule has 0 aliphatic heterocycles. The van der Waals surface area contributed by atoms with Gasteiger partial charge in [-0.1, -0.05) is 6.07 Å². The number of halogens is 2. The minimum absolute atomic E-state index is 0.623. The summed E-state index contributed by atoms with van der Waals surface area (Å²) >= 11 is 0. The fraction of sp³-hybridized carbons (Fsp3) is 0.200. The van der Waals surface area contributed by atoms with Crippen molar-refractivity contribution in [3.05, 3.63) is 29.8 Å². The lowest BCUT2D eigenvalue weighted by molar-refractivity contribution is -0.138. The predicted molar refractivity (Wildman–Crippen MR) is 55.6 cm³/mol. The summed E-state index contributed by atoms with van der Waals surface area (Å²) in [4.78, 5) is 21.6. The van der Waals surface area contributed by atoms with Crippen LogP contribution in [0.2, 0.25) is 0 Å². The lowest BCUT2D eigenvalue weighted by Crippen LogP contribution is -2.41. The van der Waals surface area contributed by atoms with E-state index in [0.29, 0.717) is 0 Å². The number of rotatable bonds is 3. The SMILES string of the molecule is C[C@@H](NC(=O)Nc1c(F)cccc1F)C(=O)O. The summed E-state index contributed by atoms with van der Waals surface area (Å²) in [5.74, 6) is -3.14. The maximum Gasteiger partial charge on any atom is 0.325 e. The van der Waals surface area contributed by atoms with Crippen LogP contribution >= 0.6 is 0 Å². The summed E-state index contributed by atoms with van der Waals surface area (Å²) in [5, 5.41) is 12.4. The molecule has 0 unspecified atom stereocenters. The van der Waals surface area contributed by atoms with E-state index in [2.05, 4.69) is 0 Å². The van der Waals surface area contributed by atoms with Crippen molar-refractivity contribution in [2.75, 3.05) is 5.32 Å². The van der Waals surface area contributed by atoms with Gasteiger partial charge in [0, 0.05) is 0 Å². The number of benzene rings is 1. The summed E-state index contributed by atoms with van der Waals surface area (Å²) in [6.07, 6.45) is 0. The third kappa shape index (κ3) is 3.40. The molecule has 1 aromatic rings. The van der Waals surface area contributed by atoms with Crippen LogP contribution in [0.5, 0.6) is 0 Å². The Morgan fingerprint density at radius 3 is 2.29 bits per heavy atom. The van der Waals surface area contributed by atoms with Gasteiger partial charge in [-0.25, -0.2) is 13.6 Å². The third-order valence-electron chi connectivity index (χ3n) is 1.92. The lowest BCUT2D eigenvalue weighted by atomic mass is 10.3. The molecule has 5 nitrogen and oxygen atoms in total. The van der Waals surface area contributed by atoms with Gasteiger partial charge in [-0.05, 0) is 19.1 Å². The standard InChI is InChI=1S/C10H10F2N2O3/c1-5(9(15)16)13-10(17)14-8-6(11)3-2-4-7(8)12/h2-5H,1H3,(H,15,16)(H2,13,14,17)/t5-/m1/s1. The van der Waals surface area contributed by atoms with Gasteiger partial charge < -0.3 is 15.7 Å². The number of carbonyl (C=O) groups is 2. The minimum Gasteiger partial charge on any atom is -0.480 e. The van der Waals surface area contributed by atoms with Gasteiger partial charge in [-0.3, -0.25) is 4.79 Å². The van der Waals surface area contributed by atoms with Crippen molar-refractivity contribution in [3.63, 3.8) is 0 Å². The summed E-state index contributed by atoms with van der Waals surface area (Å²) in [7, 11) is 0. The van der Waals surface area contributed by atoms with Crippen molar-refractivity contribution in [3.8, 4) is 0 Å². The number of amides is 2. The molecular formula is C10H10F2N2O3. The molecule has 1 aromatic carbocycles. The van der Waals surface area contributed by atoms with E-state index in [4.69, 9.17) is 5.11 Å². The summed E-state index contributed by atoms with van der Waals surface area (Å²) < 4.78 is 26.2. The highest BCUT2D eigenvalue weighted by atomic mass is 19.1. The first-order valence-corrected chi connectivity index (χ1v) is 4.66. The van der Waals surface area contributed by atoms with Gasteiger partial charge in [0.2, 0.25) is 0 Å². The van der Waals surface area contributed by atoms with E-state index in [0.717, 1.165) is 18.2 Å². The topological polar surface area (TPSA) is 78.4 Å². The van der Waals surface area contributed by atoms with Crippen LogP contribution < -0.4 is 10.6 Å². The normalized spacial score (nSPS) is 11.7. The van der Waals surface area contributed by atoms with Crippen LogP contribution in [-0.4, -0.2) is 23.1 Å². The average Bonchev–Trinajstić information content (AvgIpc) is 2.23. The number of hydrogen-bond donors (Lipinski definition) is 3. The first-order chi connectivity index (χ1) is 7.91. The maximum atomic E-state index is 13.1. The smallest absolute Gasteiger partial charge is 0.325 e. The highest BCUT2D eigenvalue weighted by Gasteiger charge is 2.16. The van der Waals surface area contributed by atoms with E-state index < -0.39 is 35.4 Å². The van der Waals surface area contributed by atoms with Crippen LogP contribution in [-0.2, 0) is 4.79 Å². The van der Waals surface area contributed by atoms with E-state index in [1.165, 1.54) is 6.92 Å². The molecule has 0 spiro atoms. The molecule has 0 saturated carbocycles. The van der Waals surface area contributed by atoms with Gasteiger partial charge in [-0.15, -0.1) is 0 Å². The Labute approximate surface area is 95.4 Å². The van der Waals surface area contributed by atoms with Crippen LogP contribution in [0.25, 0.3) is 0 Å². The van der Waals surface area contributed by atoms with Gasteiger partial charge >= 0.3 is 12.0 Å². The van der Waals surface area contributed by atoms with Gasteiger partial charge in [0.25, 0.3) is 0 Å². The Bertz CT molecular complexity index is 431. The summed E-state index contributed by atoms with van der Waals surface area (Å²) in [6.45, 7) is 1.22. The zero-order valence-electron chi connectivity index (χ0n) is 8.83. The number of para-hydroxylation sites is 1. The minimum atomic E-state index is -1.26. The molecule has 0 radical (unpaired) electrons. The van der Waals surface area contributed by atoms with E-state index in [1.54, 1.807) is 0 Å². The molecule has 2 amide bonds. The van der Waals surface area contributed by atoms with Crippen molar-refractivity contribution in [1.29, 1.82) is 0 Å². The van der Waals surface area contributed by atoms with Crippen LogP contribution in [0, 0.1) is 11.6 Å². The fourth-order valence-electron chi connectivity index (χ4n) is 1.03. The van der Waals surface area contributed by atoms with E-state index in [9.17, 15) is 18.4 Å². The van der Waals surface area contributed by atoms with Crippen LogP contribution in [0.3, 0.4) is 0 Å². The zero-order valence-corrected chi connectivity index (χ0v) is 8.83. The molecule has 1 rings (SSSR count). The number of anilines is 1. The Morgan fingerprint density at radius 1 is 1.29 bits per heavy atom. The second kappa shape index (κ2) is 5.24. The van der Waals surface area contributed by atoms with Crippen molar-refractivity contribution in [2.24, 2.45) is 0 Å². The Hall–Kier alpha value is -2.18. The molecule has 0 saturated heterocycles. The molecular weight excluding hydrogens is 234 g/mol. The molecule has 92 valence electrons. The number of carboxylic acids is 1. The molecule has 0 aliphatic carbocycles. The molecule has 0 fully saturated rings. The Kier molecular flexibility index (Phi) is 3.97. The predicted octanol–water partition coefficient (Wildman–Crippen LogP) is 1.56. The number of aliphatic carboxylic acids is 1. The molecule has 17 heavy (non-hydrogen) atoms. The molecule has 0 aliphatic rings.